The minimum atomic E-state index is 0.357. The lowest BCUT2D eigenvalue weighted by Crippen LogP contribution is -2.77. The topological polar surface area (TPSA) is 42.9 Å². The number of nitrogens with one attached hydrogen (secondary N) is 1. The molecule has 0 aromatic carbocycles. The molecule has 1 aliphatic heterocycles. The van der Waals surface area contributed by atoms with E-state index in [1.165, 1.54) is 32.4 Å². The summed E-state index contributed by atoms with van der Waals surface area (Å²) in [5, 5.41) is 3.36. The maximum absolute atomic E-state index is 4.05. The molecule has 1 heterocycles. The van der Waals surface area contributed by atoms with Gasteiger partial charge in [-0.2, -0.15) is 0 Å². The fraction of sp³-hybridized carbons (Fsp3) is 1.00. The van der Waals surface area contributed by atoms with Crippen molar-refractivity contribution in [1.82, 2.24) is 10.2 Å². The molecule has 1 aliphatic rings. The van der Waals surface area contributed by atoms with E-state index < -0.39 is 0 Å². The van der Waals surface area contributed by atoms with E-state index in [1.54, 1.807) is 0 Å². The number of hydrogen-bond acceptors (Lipinski definition) is 2. The molecule has 1 saturated heterocycles. The Kier molecular flexibility index (Phi) is 3.83. The molecule has 66 valence electrons. The fourth-order valence-electron chi connectivity index (χ4n) is 1.46. The van der Waals surface area contributed by atoms with Crippen molar-refractivity contribution >= 4 is 0 Å². The van der Waals surface area contributed by atoms with Crippen LogP contribution in [0.2, 0.25) is 0 Å². The molecular formula is C8H20N3+. The Morgan fingerprint density at radius 1 is 1.64 bits per heavy atom. The van der Waals surface area contributed by atoms with Crippen molar-refractivity contribution in [3.05, 3.63) is 0 Å². The first kappa shape index (κ1) is 8.97. The SMILES string of the molecule is CCCCN1CCCNC1[NH3+]. The summed E-state index contributed by atoms with van der Waals surface area (Å²) < 4.78 is 0. The minimum absolute atomic E-state index is 0.357. The predicted octanol–water partition coefficient (Wildman–Crippen LogP) is -0.393. The average molecular weight is 158 g/mol. The normalized spacial score (nSPS) is 27.3. The fourth-order valence-corrected chi connectivity index (χ4v) is 1.46. The van der Waals surface area contributed by atoms with Gasteiger partial charge in [0.05, 0.1) is 0 Å². The maximum Gasteiger partial charge on any atom is 0.197 e. The van der Waals surface area contributed by atoms with Gasteiger partial charge in [-0.1, -0.05) is 13.3 Å². The first-order valence-corrected chi connectivity index (χ1v) is 4.65. The molecule has 1 unspecified atom stereocenters. The molecule has 0 aliphatic carbocycles. The molecule has 0 aromatic rings. The summed E-state index contributed by atoms with van der Waals surface area (Å²) in [7, 11) is 0. The second-order valence-corrected chi connectivity index (χ2v) is 3.21. The molecule has 0 aromatic heterocycles. The van der Waals surface area contributed by atoms with Crippen LogP contribution in [0.25, 0.3) is 0 Å². The molecule has 11 heavy (non-hydrogen) atoms. The summed E-state index contributed by atoms with van der Waals surface area (Å²) in [6.07, 6.45) is 4.21. The van der Waals surface area contributed by atoms with E-state index in [0.717, 1.165) is 6.54 Å². The van der Waals surface area contributed by atoms with Crippen molar-refractivity contribution in [3.63, 3.8) is 0 Å². The highest BCUT2D eigenvalue weighted by molar-refractivity contribution is 4.65. The van der Waals surface area contributed by atoms with E-state index in [9.17, 15) is 0 Å². The van der Waals surface area contributed by atoms with Gasteiger partial charge in [-0.05, 0) is 12.8 Å². The van der Waals surface area contributed by atoms with E-state index in [-0.39, 0.29) is 0 Å². The van der Waals surface area contributed by atoms with Gasteiger partial charge in [-0.15, -0.1) is 0 Å². The second-order valence-electron chi connectivity index (χ2n) is 3.21. The van der Waals surface area contributed by atoms with Crippen molar-refractivity contribution in [1.29, 1.82) is 0 Å². The smallest absolute Gasteiger partial charge is 0.197 e. The lowest BCUT2D eigenvalue weighted by Gasteiger charge is -2.30. The largest absolute Gasteiger partial charge is 0.329 e. The molecule has 3 heteroatoms. The third kappa shape index (κ3) is 2.77. The Balaban J connectivity index is 2.18. The van der Waals surface area contributed by atoms with Crippen LogP contribution in [0.3, 0.4) is 0 Å². The van der Waals surface area contributed by atoms with Crippen LogP contribution in [-0.2, 0) is 0 Å². The second kappa shape index (κ2) is 4.70. The van der Waals surface area contributed by atoms with Crippen LogP contribution in [0.1, 0.15) is 26.2 Å². The van der Waals surface area contributed by atoms with Crippen LogP contribution in [0, 0.1) is 0 Å². The van der Waals surface area contributed by atoms with Crippen LogP contribution in [0.5, 0.6) is 0 Å². The lowest BCUT2D eigenvalue weighted by atomic mass is 10.2. The number of rotatable bonds is 3. The molecule has 0 amide bonds. The van der Waals surface area contributed by atoms with Gasteiger partial charge in [0.15, 0.2) is 6.29 Å². The zero-order valence-corrected chi connectivity index (χ0v) is 7.47. The molecule has 0 bridgehead atoms. The monoisotopic (exact) mass is 158 g/mol. The Bertz CT molecular complexity index is 106. The first-order valence-electron chi connectivity index (χ1n) is 4.65. The third-order valence-electron chi connectivity index (χ3n) is 2.24. The standard InChI is InChI=1S/C8H19N3/c1-2-3-6-11-7-4-5-10-8(11)9/h8,10H,2-7,9H2,1H3/p+1. The van der Waals surface area contributed by atoms with Crippen molar-refractivity contribution in [2.24, 2.45) is 0 Å². The third-order valence-corrected chi connectivity index (χ3v) is 2.24. The van der Waals surface area contributed by atoms with Gasteiger partial charge in [0.25, 0.3) is 0 Å². The van der Waals surface area contributed by atoms with Gasteiger partial charge in [-0.3, -0.25) is 5.32 Å². The first-order chi connectivity index (χ1) is 5.34. The highest BCUT2D eigenvalue weighted by atomic mass is 15.3. The molecular weight excluding hydrogens is 138 g/mol. The summed E-state index contributed by atoms with van der Waals surface area (Å²) in [6, 6.07) is 0. The molecule has 1 atom stereocenters. The van der Waals surface area contributed by atoms with E-state index in [0.29, 0.717) is 6.29 Å². The highest BCUT2D eigenvalue weighted by Gasteiger charge is 2.19. The van der Waals surface area contributed by atoms with Crippen LogP contribution in [0.4, 0.5) is 0 Å². The van der Waals surface area contributed by atoms with Crippen molar-refractivity contribution in [2.75, 3.05) is 19.6 Å². The van der Waals surface area contributed by atoms with E-state index >= 15 is 0 Å². The summed E-state index contributed by atoms with van der Waals surface area (Å²) in [4.78, 5) is 2.42. The van der Waals surface area contributed by atoms with Gasteiger partial charge in [0.1, 0.15) is 0 Å². The quantitative estimate of drug-likeness (QED) is 0.587. The lowest BCUT2D eigenvalue weighted by molar-refractivity contribution is -0.471. The number of quaternary nitrogens is 1. The molecule has 3 nitrogen and oxygen atoms in total. The van der Waals surface area contributed by atoms with Crippen LogP contribution < -0.4 is 11.1 Å². The van der Waals surface area contributed by atoms with Crippen molar-refractivity contribution in [2.45, 2.75) is 32.5 Å². The van der Waals surface area contributed by atoms with Gasteiger partial charge in [0, 0.05) is 19.6 Å². The van der Waals surface area contributed by atoms with Gasteiger partial charge >= 0.3 is 0 Å². The Hall–Kier alpha value is -0.120. The predicted molar refractivity (Wildman–Crippen MR) is 45.8 cm³/mol. The summed E-state index contributed by atoms with van der Waals surface area (Å²) >= 11 is 0. The van der Waals surface area contributed by atoms with Crippen molar-refractivity contribution < 1.29 is 5.73 Å². The summed E-state index contributed by atoms with van der Waals surface area (Å²) in [5.74, 6) is 0. The molecule has 0 spiro atoms. The Morgan fingerprint density at radius 2 is 2.45 bits per heavy atom. The molecule has 1 fully saturated rings. The Morgan fingerprint density at radius 3 is 3.09 bits per heavy atom. The van der Waals surface area contributed by atoms with E-state index in [1.807, 2.05) is 0 Å². The van der Waals surface area contributed by atoms with Crippen LogP contribution in [0.15, 0.2) is 0 Å². The van der Waals surface area contributed by atoms with E-state index in [2.05, 4.69) is 22.9 Å². The van der Waals surface area contributed by atoms with Gasteiger partial charge in [-0.25, -0.2) is 4.90 Å². The summed E-state index contributed by atoms with van der Waals surface area (Å²) in [5.41, 5.74) is 4.05. The van der Waals surface area contributed by atoms with E-state index in [4.69, 9.17) is 0 Å². The Labute approximate surface area is 68.9 Å². The molecule has 1 rings (SSSR count). The van der Waals surface area contributed by atoms with Gasteiger partial charge < -0.3 is 5.73 Å². The molecule has 0 saturated carbocycles. The minimum Gasteiger partial charge on any atom is -0.329 e. The number of hydrogen-bond donors (Lipinski definition) is 2. The average Bonchev–Trinajstić information content (AvgIpc) is 2.03. The van der Waals surface area contributed by atoms with Gasteiger partial charge in [0.2, 0.25) is 0 Å². The zero-order chi connectivity index (χ0) is 8.10. The number of nitrogens with zero attached hydrogens (tertiary/aromatic N) is 1. The molecule has 0 radical (unpaired) electrons. The van der Waals surface area contributed by atoms with Crippen LogP contribution in [-0.4, -0.2) is 30.8 Å². The zero-order valence-electron chi connectivity index (χ0n) is 7.47. The highest BCUT2D eigenvalue weighted by Crippen LogP contribution is 2.00. The van der Waals surface area contributed by atoms with Crippen LogP contribution >= 0.6 is 0 Å². The van der Waals surface area contributed by atoms with Crippen molar-refractivity contribution in [3.8, 4) is 0 Å². The maximum atomic E-state index is 4.05. The number of unbranched alkanes of at least 4 members (excludes halogenated alkanes) is 1. The molecule has 4 N–H and O–H groups in total. The summed E-state index contributed by atoms with van der Waals surface area (Å²) in [6.45, 7) is 5.80.